The lowest BCUT2D eigenvalue weighted by Gasteiger charge is -2.12. The number of ether oxygens (including phenoxy) is 1. The summed E-state index contributed by atoms with van der Waals surface area (Å²) in [5.74, 6) is 0.639. The van der Waals surface area contributed by atoms with E-state index in [2.05, 4.69) is 15.9 Å². The van der Waals surface area contributed by atoms with Gasteiger partial charge in [0.1, 0.15) is 11.6 Å². The monoisotopic (exact) mass is 329 g/mol. The Bertz CT molecular complexity index is 577. The van der Waals surface area contributed by atoms with E-state index < -0.39 is 0 Å². The van der Waals surface area contributed by atoms with Crippen molar-refractivity contribution in [1.29, 1.82) is 0 Å². The fourth-order valence-electron chi connectivity index (χ4n) is 1.50. The molecule has 2 N–H and O–H groups in total. The van der Waals surface area contributed by atoms with E-state index in [0.717, 1.165) is 5.56 Å². The molecule has 0 unspecified atom stereocenters. The summed E-state index contributed by atoms with van der Waals surface area (Å²) in [5, 5.41) is 0.467. The Kier molecular flexibility index (Phi) is 4.22. The minimum absolute atomic E-state index is 0.314. The molecular formula is C13H10BrClFNO. The predicted molar refractivity (Wildman–Crippen MR) is 73.5 cm³/mol. The second-order valence-electron chi connectivity index (χ2n) is 3.61. The molecule has 0 bridgehead atoms. The molecule has 0 saturated carbocycles. The van der Waals surface area contributed by atoms with Crippen molar-refractivity contribution in [3.63, 3.8) is 0 Å². The Labute approximate surface area is 118 Å². The van der Waals surface area contributed by atoms with Crippen LogP contribution < -0.4 is 10.5 Å². The van der Waals surface area contributed by atoms with Crippen LogP contribution in [0.15, 0.2) is 40.9 Å². The minimum atomic E-state index is -0.340. The summed E-state index contributed by atoms with van der Waals surface area (Å²) in [7, 11) is 0. The van der Waals surface area contributed by atoms with Gasteiger partial charge in [0, 0.05) is 12.1 Å². The van der Waals surface area contributed by atoms with E-state index >= 15 is 0 Å². The van der Waals surface area contributed by atoms with Gasteiger partial charge in [0.05, 0.1) is 9.50 Å². The number of hydrogen-bond acceptors (Lipinski definition) is 2. The molecule has 0 aromatic heterocycles. The first-order valence-electron chi connectivity index (χ1n) is 5.22. The Morgan fingerprint density at radius 1 is 1.28 bits per heavy atom. The van der Waals surface area contributed by atoms with Gasteiger partial charge >= 0.3 is 0 Å². The van der Waals surface area contributed by atoms with Crippen molar-refractivity contribution in [1.82, 2.24) is 0 Å². The average molecular weight is 331 g/mol. The Balaban J connectivity index is 2.39. The molecule has 0 atom stereocenters. The molecule has 0 saturated heterocycles. The number of para-hydroxylation sites is 1. The maximum Gasteiger partial charge on any atom is 0.150 e. The summed E-state index contributed by atoms with van der Waals surface area (Å²) in [4.78, 5) is 0. The van der Waals surface area contributed by atoms with Gasteiger partial charge in [0.25, 0.3) is 0 Å². The Hall–Kier alpha value is -1.10. The van der Waals surface area contributed by atoms with Crippen LogP contribution in [0.2, 0.25) is 5.02 Å². The second-order valence-corrected chi connectivity index (χ2v) is 4.87. The third-order valence-electron chi connectivity index (χ3n) is 2.37. The van der Waals surface area contributed by atoms with Crippen LogP contribution in [-0.2, 0) is 6.54 Å². The zero-order valence-electron chi connectivity index (χ0n) is 9.29. The summed E-state index contributed by atoms with van der Waals surface area (Å²) in [6.45, 7) is 0.314. The number of benzene rings is 2. The van der Waals surface area contributed by atoms with Crippen LogP contribution in [0.1, 0.15) is 5.56 Å². The molecule has 0 heterocycles. The van der Waals surface area contributed by atoms with E-state index in [9.17, 15) is 4.39 Å². The molecule has 0 spiro atoms. The highest BCUT2D eigenvalue weighted by molar-refractivity contribution is 9.10. The molecular weight excluding hydrogens is 321 g/mol. The van der Waals surface area contributed by atoms with Crippen molar-refractivity contribution in [2.45, 2.75) is 6.54 Å². The van der Waals surface area contributed by atoms with Crippen molar-refractivity contribution in [3.8, 4) is 11.5 Å². The lowest BCUT2D eigenvalue weighted by Crippen LogP contribution is -2.00. The maximum atomic E-state index is 13.0. The van der Waals surface area contributed by atoms with Crippen LogP contribution in [0.5, 0.6) is 11.5 Å². The quantitative estimate of drug-likeness (QED) is 0.899. The lowest BCUT2D eigenvalue weighted by atomic mass is 10.2. The van der Waals surface area contributed by atoms with Crippen molar-refractivity contribution in [2.24, 2.45) is 5.73 Å². The highest BCUT2D eigenvalue weighted by Crippen LogP contribution is 2.36. The zero-order chi connectivity index (χ0) is 13.1. The molecule has 5 heteroatoms. The molecule has 0 aliphatic carbocycles. The Morgan fingerprint density at radius 3 is 2.72 bits per heavy atom. The van der Waals surface area contributed by atoms with E-state index in [1.807, 2.05) is 6.07 Å². The fraction of sp³-hybridized carbons (Fsp3) is 0.0769. The minimum Gasteiger partial charge on any atom is -0.454 e. The largest absolute Gasteiger partial charge is 0.454 e. The van der Waals surface area contributed by atoms with E-state index in [-0.39, 0.29) is 5.82 Å². The number of hydrogen-bond donors (Lipinski definition) is 1. The van der Waals surface area contributed by atoms with Crippen LogP contribution >= 0.6 is 27.5 Å². The number of rotatable bonds is 3. The van der Waals surface area contributed by atoms with Gasteiger partial charge in [-0.3, -0.25) is 0 Å². The molecule has 2 rings (SSSR count). The van der Waals surface area contributed by atoms with E-state index in [4.69, 9.17) is 22.1 Å². The van der Waals surface area contributed by atoms with Crippen molar-refractivity contribution < 1.29 is 9.13 Å². The molecule has 0 amide bonds. The molecule has 0 fully saturated rings. The summed E-state index contributed by atoms with van der Waals surface area (Å²) < 4.78 is 19.2. The second kappa shape index (κ2) is 5.69. The van der Waals surface area contributed by atoms with Gasteiger partial charge in [-0.2, -0.15) is 0 Å². The lowest BCUT2D eigenvalue weighted by molar-refractivity contribution is 0.471. The number of halogens is 3. The summed E-state index contributed by atoms with van der Waals surface area (Å²) in [6, 6.07) is 9.53. The molecule has 0 radical (unpaired) electrons. The Morgan fingerprint density at radius 2 is 2.06 bits per heavy atom. The standard InChI is InChI=1S/C13H10BrClFNO/c14-10-6-9(16)4-5-12(10)18-13-8(7-17)2-1-3-11(13)15/h1-6H,7,17H2. The van der Waals surface area contributed by atoms with Crippen molar-refractivity contribution in [3.05, 3.63) is 57.3 Å². The van der Waals surface area contributed by atoms with Crippen LogP contribution in [0.3, 0.4) is 0 Å². The van der Waals surface area contributed by atoms with Crippen LogP contribution in [0, 0.1) is 5.82 Å². The molecule has 18 heavy (non-hydrogen) atoms. The number of nitrogens with two attached hydrogens (primary N) is 1. The van der Waals surface area contributed by atoms with Gasteiger partial charge in [0.15, 0.2) is 5.75 Å². The van der Waals surface area contributed by atoms with Gasteiger partial charge in [-0.15, -0.1) is 0 Å². The third-order valence-corrected chi connectivity index (χ3v) is 3.29. The van der Waals surface area contributed by atoms with Crippen LogP contribution in [-0.4, -0.2) is 0 Å². The van der Waals surface area contributed by atoms with Crippen molar-refractivity contribution >= 4 is 27.5 Å². The van der Waals surface area contributed by atoms with Gasteiger partial charge in [-0.25, -0.2) is 4.39 Å². The van der Waals surface area contributed by atoms with Gasteiger partial charge in [-0.1, -0.05) is 23.7 Å². The SMILES string of the molecule is NCc1cccc(Cl)c1Oc1ccc(F)cc1Br. The van der Waals surface area contributed by atoms with Gasteiger partial charge in [-0.05, 0) is 40.2 Å². The van der Waals surface area contributed by atoms with Crippen LogP contribution in [0.25, 0.3) is 0 Å². The molecule has 2 aromatic rings. The fourth-order valence-corrected chi connectivity index (χ4v) is 2.16. The molecule has 94 valence electrons. The average Bonchev–Trinajstić information content (AvgIpc) is 2.34. The van der Waals surface area contributed by atoms with Gasteiger partial charge in [0.2, 0.25) is 0 Å². The maximum absolute atomic E-state index is 13.0. The summed E-state index contributed by atoms with van der Waals surface area (Å²) in [5.41, 5.74) is 6.42. The first kappa shape index (κ1) is 13.3. The highest BCUT2D eigenvalue weighted by Gasteiger charge is 2.11. The molecule has 0 aliphatic rings. The normalized spacial score (nSPS) is 10.4. The highest BCUT2D eigenvalue weighted by atomic mass is 79.9. The third kappa shape index (κ3) is 2.83. The first-order chi connectivity index (χ1) is 8.61. The van der Waals surface area contributed by atoms with Gasteiger partial charge < -0.3 is 10.5 Å². The molecule has 2 nitrogen and oxygen atoms in total. The summed E-state index contributed by atoms with van der Waals surface area (Å²) >= 11 is 9.31. The van der Waals surface area contributed by atoms with Crippen LogP contribution in [0.4, 0.5) is 4.39 Å². The van der Waals surface area contributed by atoms with Crippen molar-refractivity contribution in [2.75, 3.05) is 0 Å². The smallest absolute Gasteiger partial charge is 0.150 e. The first-order valence-corrected chi connectivity index (χ1v) is 6.39. The van der Waals surface area contributed by atoms with E-state index in [1.54, 1.807) is 12.1 Å². The van der Waals surface area contributed by atoms with E-state index in [0.29, 0.717) is 27.5 Å². The molecule has 0 aliphatic heterocycles. The topological polar surface area (TPSA) is 35.2 Å². The predicted octanol–water partition coefficient (Wildman–Crippen LogP) is 4.49. The molecule has 2 aromatic carbocycles. The summed E-state index contributed by atoms with van der Waals surface area (Å²) in [6.07, 6.45) is 0. The van der Waals surface area contributed by atoms with E-state index in [1.165, 1.54) is 18.2 Å². The zero-order valence-corrected chi connectivity index (χ0v) is 11.6.